The van der Waals surface area contributed by atoms with E-state index in [0.717, 1.165) is 11.1 Å². The van der Waals surface area contributed by atoms with Crippen molar-refractivity contribution in [1.82, 2.24) is 9.97 Å². The van der Waals surface area contributed by atoms with Gasteiger partial charge in [-0.2, -0.15) is 0 Å². The summed E-state index contributed by atoms with van der Waals surface area (Å²) in [5, 5.41) is 3.42. The van der Waals surface area contributed by atoms with E-state index >= 15 is 0 Å². The summed E-state index contributed by atoms with van der Waals surface area (Å²) in [7, 11) is 0. The van der Waals surface area contributed by atoms with Gasteiger partial charge in [-0.3, -0.25) is 14.9 Å². The van der Waals surface area contributed by atoms with Crippen LogP contribution in [0.4, 0.5) is 5.95 Å². The van der Waals surface area contributed by atoms with Crippen molar-refractivity contribution < 1.29 is 9.59 Å². The van der Waals surface area contributed by atoms with Crippen molar-refractivity contribution in [2.75, 3.05) is 5.32 Å². The minimum Gasteiger partial charge on any atom is -0.295 e. The van der Waals surface area contributed by atoms with E-state index in [1.54, 1.807) is 0 Å². The lowest BCUT2D eigenvalue weighted by molar-refractivity contribution is -0.116. The van der Waals surface area contributed by atoms with Crippen molar-refractivity contribution in [3.8, 4) is 0 Å². The Labute approximate surface area is 174 Å². The minimum absolute atomic E-state index is 0.0214. The van der Waals surface area contributed by atoms with Gasteiger partial charge in [0.05, 0.1) is 11.3 Å². The monoisotopic (exact) mass is 405 g/mol. The lowest BCUT2D eigenvalue weighted by Gasteiger charge is -2.23. The third kappa shape index (κ3) is 4.69. The van der Waals surface area contributed by atoms with Crippen molar-refractivity contribution in [1.29, 1.82) is 0 Å². The molecule has 29 heavy (non-hydrogen) atoms. The molecule has 0 fully saturated rings. The van der Waals surface area contributed by atoms with Crippen LogP contribution in [0, 0.1) is 0 Å². The summed E-state index contributed by atoms with van der Waals surface area (Å²) in [5.74, 6) is 0.161. The Bertz CT molecular complexity index is 1040. The Morgan fingerprint density at radius 2 is 1.83 bits per heavy atom. The topological polar surface area (TPSA) is 72.0 Å². The van der Waals surface area contributed by atoms with Gasteiger partial charge in [0, 0.05) is 24.1 Å². The van der Waals surface area contributed by atoms with Crippen LogP contribution in [-0.4, -0.2) is 21.7 Å². The van der Waals surface area contributed by atoms with Crippen LogP contribution < -0.4 is 5.32 Å². The van der Waals surface area contributed by atoms with E-state index in [9.17, 15) is 9.59 Å². The number of hydrogen-bond donors (Lipinski definition) is 1. The number of benzene rings is 2. The Morgan fingerprint density at radius 3 is 2.59 bits per heavy atom. The van der Waals surface area contributed by atoms with Crippen LogP contribution >= 0.6 is 11.6 Å². The van der Waals surface area contributed by atoms with Gasteiger partial charge in [0.15, 0.2) is 5.78 Å². The highest BCUT2D eigenvalue weighted by atomic mass is 35.5. The molecule has 0 bridgehead atoms. The van der Waals surface area contributed by atoms with E-state index in [1.807, 2.05) is 54.6 Å². The minimum atomic E-state index is -0.148. The highest BCUT2D eigenvalue weighted by molar-refractivity contribution is 6.30. The quantitative estimate of drug-likeness (QED) is 0.672. The Morgan fingerprint density at radius 1 is 1.07 bits per heavy atom. The van der Waals surface area contributed by atoms with Gasteiger partial charge in [-0.15, -0.1) is 0 Å². The number of Topliss-reactive ketones (excluding diaryl/α,β-unsaturated/α-hetero) is 1. The maximum absolute atomic E-state index is 12.5. The molecule has 4 rings (SSSR count). The van der Waals surface area contributed by atoms with Crippen molar-refractivity contribution in [3.63, 3.8) is 0 Å². The Kier molecular flexibility index (Phi) is 5.67. The van der Waals surface area contributed by atoms with Gasteiger partial charge in [-0.25, -0.2) is 9.97 Å². The van der Waals surface area contributed by atoms with Gasteiger partial charge in [0.2, 0.25) is 11.9 Å². The molecular formula is C23H20ClN3O2. The third-order valence-electron chi connectivity index (χ3n) is 5.12. The average molecular weight is 406 g/mol. The number of aryl methyl sites for hydroxylation is 1. The molecule has 1 atom stereocenters. The Balaban J connectivity index is 1.45. The maximum Gasteiger partial charge on any atom is 0.229 e. The number of anilines is 1. The summed E-state index contributed by atoms with van der Waals surface area (Å²) in [6.07, 6.45) is 3.56. The second kappa shape index (κ2) is 8.53. The lowest BCUT2D eigenvalue weighted by atomic mass is 9.82. The van der Waals surface area contributed by atoms with Crippen molar-refractivity contribution in [2.24, 2.45) is 0 Å². The number of halogens is 1. The summed E-state index contributed by atoms with van der Waals surface area (Å²) in [6, 6.07) is 17.4. The molecule has 1 aromatic heterocycles. The summed E-state index contributed by atoms with van der Waals surface area (Å²) in [4.78, 5) is 33.4. The number of fused-ring (bicyclic) bond motifs is 1. The number of amides is 1. The van der Waals surface area contributed by atoms with Crippen molar-refractivity contribution in [2.45, 2.75) is 31.6 Å². The molecule has 1 unspecified atom stereocenters. The molecule has 1 N–H and O–H groups in total. The number of rotatable bonds is 5. The van der Waals surface area contributed by atoms with Crippen LogP contribution in [0.25, 0.3) is 0 Å². The molecule has 2 aromatic carbocycles. The molecule has 146 valence electrons. The molecule has 6 heteroatoms. The van der Waals surface area contributed by atoms with E-state index in [-0.39, 0.29) is 23.6 Å². The molecule has 0 aliphatic heterocycles. The number of nitrogens with one attached hydrogen (secondary N) is 1. The van der Waals surface area contributed by atoms with Gasteiger partial charge in [-0.05, 0) is 42.0 Å². The summed E-state index contributed by atoms with van der Waals surface area (Å²) in [5.41, 5.74) is 3.37. The molecule has 1 amide bonds. The van der Waals surface area contributed by atoms with Crippen molar-refractivity contribution >= 4 is 29.2 Å². The number of hydrogen-bond acceptors (Lipinski definition) is 4. The Hall–Kier alpha value is -3.05. The van der Waals surface area contributed by atoms with E-state index < -0.39 is 0 Å². The molecule has 1 heterocycles. The van der Waals surface area contributed by atoms with Gasteiger partial charge in [-0.1, -0.05) is 54.1 Å². The highest BCUT2D eigenvalue weighted by Crippen LogP contribution is 2.32. The zero-order valence-corrected chi connectivity index (χ0v) is 16.5. The van der Waals surface area contributed by atoms with Crippen LogP contribution in [0.15, 0.2) is 60.8 Å². The second-order valence-corrected chi connectivity index (χ2v) is 7.60. The molecule has 3 aromatic rings. The second-order valence-electron chi connectivity index (χ2n) is 7.17. The first-order chi connectivity index (χ1) is 14.1. The lowest BCUT2D eigenvalue weighted by Crippen LogP contribution is -2.22. The zero-order chi connectivity index (χ0) is 20.2. The molecule has 1 aliphatic rings. The van der Waals surface area contributed by atoms with Gasteiger partial charge in [0.25, 0.3) is 0 Å². The van der Waals surface area contributed by atoms with Crippen LogP contribution in [0.1, 0.15) is 45.9 Å². The molecule has 5 nitrogen and oxygen atoms in total. The number of carbonyl (C=O) groups excluding carboxylic acids is 2. The fourth-order valence-electron chi connectivity index (χ4n) is 3.57. The number of nitrogens with zero attached hydrogens (tertiary/aromatic N) is 2. The molecule has 1 aliphatic carbocycles. The summed E-state index contributed by atoms with van der Waals surface area (Å²) in [6.45, 7) is 0. The van der Waals surface area contributed by atoms with E-state index in [2.05, 4.69) is 15.3 Å². The third-order valence-corrected chi connectivity index (χ3v) is 5.37. The predicted molar refractivity (Wildman–Crippen MR) is 112 cm³/mol. The molecule has 0 radical (unpaired) electrons. The van der Waals surface area contributed by atoms with Gasteiger partial charge >= 0.3 is 0 Å². The predicted octanol–water partition coefficient (Wildman–Crippen LogP) is 4.61. The number of ketones is 1. The SMILES string of the molecule is O=C(CCc1ccccc1)Nc1ncc2c(n1)CC(c1ccc(Cl)cc1)CC2=O. The standard InChI is InChI=1S/C23H20ClN3O2/c24-18-9-7-16(8-10-18)17-12-20-19(21(28)13-17)14-25-23(26-20)27-22(29)11-6-15-4-2-1-3-5-15/h1-5,7-10,14,17H,6,11-13H2,(H,25,26,27,29). The van der Waals surface area contributed by atoms with E-state index in [0.29, 0.717) is 42.0 Å². The van der Waals surface area contributed by atoms with Crippen LogP contribution in [-0.2, 0) is 17.6 Å². The average Bonchev–Trinajstić information content (AvgIpc) is 2.73. The zero-order valence-electron chi connectivity index (χ0n) is 15.8. The number of carbonyl (C=O) groups is 2. The summed E-state index contributed by atoms with van der Waals surface area (Å²) < 4.78 is 0. The van der Waals surface area contributed by atoms with Gasteiger partial charge < -0.3 is 0 Å². The van der Waals surface area contributed by atoms with Crippen LogP contribution in [0.5, 0.6) is 0 Å². The maximum atomic E-state index is 12.5. The van der Waals surface area contributed by atoms with Crippen LogP contribution in [0.2, 0.25) is 5.02 Å². The smallest absolute Gasteiger partial charge is 0.229 e. The molecule has 0 spiro atoms. The summed E-state index contributed by atoms with van der Waals surface area (Å²) >= 11 is 5.97. The van der Waals surface area contributed by atoms with Crippen molar-refractivity contribution in [3.05, 3.63) is 88.2 Å². The first-order valence-corrected chi connectivity index (χ1v) is 9.94. The van der Waals surface area contributed by atoms with Gasteiger partial charge in [0.1, 0.15) is 0 Å². The first-order valence-electron chi connectivity index (χ1n) is 9.57. The number of aromatic nitrogens is 2. The first kappa shape index (κ1) is 19.3. The van der Waals surface area contributed by atoms with Crippen LogP contribution in [0.3, 0.4) is 0 Å². The van der Waals surface area contributed by atoms with E-state index in [1.165, 1.54) is 6.20 Å². The largest absolute Gasteiger partial charge is 0.295 e. The highest BCUT2D eigenvalue weighted by Gasteiger charge is 2.28. The normalized spacial score (nSPS) is 15.6. The molecule has 0 saturated heterocycles. The fraction of sp³-hybridized carbons (Fsp3) is 0.217. The molecule has 0 saturated carbocycles. The molecular weight excluding hydrogens is 386 g/mol. The van der Waals surface area contributed by atoms with E-state index in [4.69, 9.17) is 11.6 Å². The fourth-order valence-corrected chi connectivity index (χ4v) is 3.69.